The zero-order chi connectivity index (χ0) is 19.5. The van der Waals surface area contributed by atoms with E-state index in [1.54, 1.807) is 25.1 Å². The summed E-state index contributed by atoms with van der Waals surface area (Å²) >= 11 is 0. The van der Waals surface area contributed by atoms with Crippen molar-refractivity contribution >= 4 is 5.71 Å². The van der Waals surface area contributed by atoms with Gasteiger partial charge in [0, 0.05) is 18.4 Å². The molecule has 0 bridgehead atoms. The van der Waals surface area contributed by atoms with Crippen LogP contribution in [0.2, 0.25) is 0 Å². The van der Waals surface area contributed by atoms with Crippen LogP contribution in [-0.4, -0.2) is 28.4 Å². The van der Waals surface area contributed by atoms with Crippen LogP contribution in [0.1, 0.15) is 35.2 Å². The molecule has 3 unspecified atom stereocenters. The number of fused-ring (bicyclic) bond motifs is 2. The number of aliphatic imine (C=N–C) groups is 1. The van der Waals surface area contributed by atoms with Crippen molar-refractivity contribution in [3.8, 4) is 0 Å². The minimum atomic E-state index is -1.20. The Bertz CT molecular complexity index is 1060. The molecule has 2 heterocycles. The van der Waals surface area contributed by atoms with E-state index < -0.39 is 11.4 Å². The Hall–Kier alpha value is -2.68. The molecule has 1 aliphatic heterocycles. The van der Waals surface area contributed by atoms with Crippen molar-refractivity contribution in [1.29, 1.82) is 0 Å². The number of ether oxygens (including phenoxy) is 1. The first-order valence-corrected chi connectivity index (χ1v) is 9.18. The summed E-state index contributed by atoms with van der Waals surface area (Å²) in [6.07, 6.45) is 6.92. The molecule has 3 aliphatic rings. The molecular weight excluding hydrogens is 361 g/mol. The van der Waals surface area contributed by atoms with Crippen molar-refractivity contribution in [2.75, 3.05) is 6.61 Å². The van der Waals surface area contributed by atoms with Crippen LogP contribution in [0, 0.1) is 12.7 Å². The Morgan fingerprint density at radius 3 is 2.89 bits per heavy atom. The fourth-order valence-electron chi connectivity index (χ4n) is 4.17. The molecule has 0 radical (unpaired) electrons. The molecule has 144 valence electrons. The monoisotopic (exact) mass is 381 g/mol. The second-order valence-electron chi connectivity index (χ2n) is 7.53. The zero-order valence-corrected chi connectivity index (χ0v) is 15.4. The van der Waals surface area contributed by atoms with Crippen LogP contribution >= 0.6 is 0 Å². The summed E-state index contributed by atoms with van der Waals surface area (Å²) in [5, 5.41) is 7.88. The smallest absolute Gasteiger partial charge is 0.244 e. The molecule has 0 fully saturated rings. The van der Waals surface area contributed by atoms with Crippen molar-refractivity contribution < 1.29 is 13.5 Å². The fourth-order valence-corrected chi connectivity index (χ4v) is 4.17. The maximum absolute atomic E-state index is 13.5. The first kappa shape index (κ1) is 17.4. The lowest BCUT2D eigenvalue weighted by atomic mass is 9.88. The number of aryl methyl sites for hydroxylation is 2. The molecule has 0 saturated heterocycles. The molecule has 3 atom stereocenters. The number of aromatic nitrogens is 2. The van der Waals surface area contributed by atoms with Crippen molar-refractivity contribution in [2.45, 2.75) is 37.1 Å². The molecule has 0 saturated carbocycles. The van der Waals surface area contributed by atoms with Crippen molar-refractivity contribution in [1.82, 2.24) is 10.2 Å². The Morgan fingerprint density at radius 1 is 1.25 bits per heavy atom. The molecule has 0 amide bonds. The van der Waals surface area contributed by atoms with E-state index in [4.69, 9.17) is 25.6 Å². The summed E-state index contributed by atoms with van der Waals surface area (Å²) in [5.74, 6) is -0.811. The highest BCUT2D eigenvalue weighted by Gasteiger charge is 2.44. The minimum Gasteiger partial charge on any atom is -0.423 e. The van der Waals surface area contributed by atoms with E-state index in [0.29, 0.717) is 11.8 Å². The van der Waals surface area contributed by atoms with Gasteiger partial charge >= 0.3 is 0 Å². The predicted octanol–water partition coefficient (Wildman–Crippen LogP) is 1.98. The number of halogens is 1. The van der Waals surface area contributed by atoms with E-state index >= 15 is 0 Å². The highest BCUT2D eigenvalue weighted by atomic mass is 19.1. The summed E-state index contributed by atoms with van der Waals surface area (Å²) < 4.78 is 25.0. The molecule has 0 spiro atoms. The van der Waals surface area contributed by atoms with Crippen LogP contribution in [-0.2, 0) is 16.7 Å². The molecule has 8 heteroatoms. The molecular formula is C20H20FN5O2. The molecule has 7 nitrogen and oxygen atoms in total. The minimum absolute atomic E-state index is 0.131. The van der Waals surface area contributed by atoms with E-state index in [2.05, 4.69) is 10.2 Å². The van der Waals surface area contributed by atoms with Gasteiger partial charge in [-0.1, -0.05) is 6.07 Å². The van der Waals surface area contributed by atoms with E-state index in [-0.39, 0.29) is 18.3 Å². The summed E-state index contributed by atoms with van der Waals surface area (Å²) in [4.78, 5) is 4.70. The number of nitrogens with two attached hydrogens (primary N) is 2. The van der Waals surface area contributed by atoms with Crippen molar-refractivity contribution in [3.63, 3.8) is 0 Å². The molecule has 2 aromatic rings. The average Bonchev–Trinajstić information content (AvgIpc) is 3.29. The number of benzene rings is 1. The van der Waals surface area contributed by atoms with Gasteiger partial charge in [-0.05, 0) is 54.3 Å². The van der Waals surface area contributed by atoms with Gasteiger partial charge in [-0.25, -0.2) is 9.38 Å². The van der Waals surface area contributed by atoms with Crippen LogP contribution in [0.4, 0.5) is 4.39 Å². The lowest BCUT2D eigenvalue weighted by Crippen LogP contribution is -2.50. The standard InChI is InChI=1S/C20H20FN5O2/c1-11-25-26-18(28-11)19(22)7-6-17-13(9-19)10-27-20(23,24-17)16-5-2-12-8-14(21)3-4-15(12)16/h3-4,6-9,16H,2,5,10,22-23H2,1H3. The normalized spacial score (nSPS) is 31.2. The molecule has 4 N–H and O–H groups in total. The Kier molecular flexibility index (Phi) is 3.67. The van der Waals surface area contributed by atoms with Gasteiger partial charge < -0.3 is 14.9 Å². The van der Waals surface area contributed by atoms with Crippen molar-refractivity contribution in [3.05, 3.63) is 70.7 Å². The first-order chi connectivity index (χ1) is 13.4. The third-order valence-corrected chi connectivity index (χ3v) is 5.59. The summed E-state index contributed by atoms with van der Waals surface area (Å²) in [6, 6.07) is 4.80. The van der Waals surface area contributed by atoms with E-state index in [9.17, 15) is 4.39 Å². The fraction of sp³-hybridized carbons (Fsp3) is 0.350. The average molecular weight is 381 g/mol. The molecule has 1 aromatic carbocycles. The number of nitrogens with zero attached hydrogens (tertiary/aromatic N) is 3. The molecule has 1 aromatic heterocycles. The van der Waals surface area contributed by atoms with Gasteiger partial charge in [-0.3, -0.25) is 5.73 Å². The van der Waals surface area contributed by atoms with Gasteiger partial charge in [0.2, 0.25) is 17.6 Å². The number of hydrogen-bond donors (Lipinski definition) is 2. The second-order valence-corrected chi connectivity index (χ2v) is 7.53. The Balaban J connectivity index is 1.48. The third-order valence-electron chi connectivity index (χ3n) is 5.59. The van der Waals surface area contributed by atoms with Crippen LogP contribution in [0.3, 0.4) is 0 Å². The van der Waals surface area contributed by atoms with Gasteiger partial charge in [0.25, 0.3) is 0 Å². The van der Waals surface area contributed by atoms with Gasteiger partial charge in [0.1, 0.15) is 11.4 Å². The number of allylic oxidation sites excluding steroid dienone is 1. The van der Waals surface area contributed by atoms with Crippen LogP contribution in [0.25, 0.3) is 0 Å². The van der Waals surface area contributed by atoms with Crippen LogP contribution in [0.15, 0.2) is 51.4 Å². The highest BCUT2D eigenvalue weighted by molar-refractivity contribution is 6.10. The van der Waals surface area contributed by atoms with Gasteiger partial charge in [0.15, 0.2) is 0 Å². The lowest BCUT2D eigenvalue weighted by molar-refractivity contribution is -0.0477. The largest absolute Gasteiger partial charge is 0.423 e. The second kappa shape index (κ2) is 5.91. The van der Waals surface area contributed by atoms with E-state index in [1.807, 2.05) is 12.2 Å². The topological polar surface area (TPSA) is 113 Å². The summed E-state index contributed by atoms with van der Waals surface area (Å²) in [6.45, 7) is 1.98. The molecule has 2 aliphatic carbocycles. The maximum atomic E-state index is 13.5. The third kappa shape index (κ3) is 2.64. The number of hydrogen-bond acceptors (Lipinski definition) is 7. The molecule has 5 rings (SSSR count). The van der Waals surface area contributed by atoms with Gasteiger partial charge in [0.05, 0.1) is 12.3 Å². The highest BCUT2D eigenvalue weighted by Crippen LogP contribution is 2.43. The van der Waals surface area contributed by atoms with Crippen LogP contribution in [0.5, 0.6) is 0 Å². The quantitative estimate of drug-likeness (QED) is 0.823. The van der Waals surface area contributed by atoms with E-state index in [0.717, 1.165) is 35.3 Å². The molecule has 28 heavy (non-hydrogen) atoms. The Morgan fingerprint density at radius 2 is 2.11 bits per heavy atom. The van der Waals surface area contributed by atoms with E-state index in [1.165, 1.54) is 6.07 Å². The van der Waals surface area contributed by atoms with Gasteiger partial charge in [-0.2, -0.15) is 0 Å². The zero-order valence-electron chi connectivity index (χ0n) is 15.4. The predicted molar refractivity (Wildman–Crippen MR) is 99.9 cm³/mol. The Labute approximate surface area is 161 Å². The SMILES string of the molecule is Cc1nnc(C2(N)C=CC3=NC(N)(C4CCc5cc(F)ccc54)OCC3=C2)o1. The van der Waals surface area contributed by atoms with Crippen molar-refractivity contribution in [2.24, 2.45) is 16.5 Å². The number of rotatable bonds is 2. The summed E-state index contributed by atoms with van der Waals surface area (Å²) in [7, 11) is 0. The summed E-state index contributed by atoms with van der Waals surface area (Å²) in [5.41, 5.74) is 15.5. The van der Waals surface area contributed by atoms with Gasteiger partial charge in [-0.15, -0.1) is 10.2 Å². The first-order valence-electron chi connectivity index (χ1n) is 9.18. The van der Waals surface area contributed by atoms with Crippen LogP contribution < -0.4 is 11.5 Å². The maximum Gasteiger partial charge on any atom is 0.244 e. The lowest BCUT2D eigenvalue weighted by Gasteiger charge is -2.38.